The monoisotopic (exact) mass is 413 g/mol. The average molecular weight is 413 g/mol. The third-order valence-corrected chi connectivity index (χ3v) is 5.80. The molecule has 30 heavy (non-hydrogen) atoms. The van der Waals surface area contributed by atoms with Crippen molar-refractivity contribution >= 4 is 17.4 Å². The first kappa shape index (κ1) is 20.4. The van der Waals surface area contributed by atoms with Gasteiger partial charge in [-0.05, 0) is 29.5 Å². The summed E-state index contributed by atoms with van der Waals surface area (Å²) >= 11 is 0. The van der Waals surface area contributed by atoms with Crippen LogP contribution in [0, 0.1) is 5.41 Å². The maximum Gasteiger partial charge on any atom is 0.418 e. The van der Waals surface area contributed by atoms with Crippen molar-refractivity contribution < 1.29 is 22.8 Å². The van der Waals surface area contributed by atoms with Gasteiger partial charge in [0.05, 0.1) is 11.3 Å². The van der Waals surface area contributed by atoms with Gasteiger partial charge in [0.2, 0.25) is 5.91 Å². The van der Waals surface area contributed by atoms with Crippen LogP contribution in [0.2, 0.25) is 0 Å². The largest absolute Gasteiger partial charge is 0.418 e. The molecule has 0 unspecified atom stereocenters. The lowest BCUT2D eigenvalue weighted by molar-refractivity contribution is -0.137. The van der Waals surface area contributed by atoms with Gasteiger partial charge < -0.3 is 0 Å². The van der Waals surface area contributed by atoms with E-state index in [1.165, 1.54) is 18.2 Å². The molecule has 1 aliphatic carbocycles. The number of amides is 1. The van der Waals surface area contributed by atoms with Crippen molar-refractivity contribution in [3.63, 3.8) is 0 Å². The van der Waals surface area contributed by atoms with Crippen LogP contribution in [0.1, 0.15) is 50.2 Å². The molecule has 0 N–H and O–H groups in total. The zero-order valence-electron chi connectivity index (χ0n) is 16.8. The van der Waals surface area contributed by atoms with E-state index in [2.05, 4.69) is 0 Å². The van der Waals surface area contributed by atoms with Crippen LogP contribution in [0.15, 0.2) is 65.9 Å². The highest BCUT2D eigenvalue weighted by atomic mass is 19.4. The number of para-hydroxylation sites is 1. The molecule has 156 valence electrons. The summed E-state index contributed by atoms with van der Waals surface area (Å²) in [4.78, 5) is 27.6. The molecule has 1 aliphatic heterocycles. The topological polar surface area (TPSA) is 37.4 Å². The first-order chi connectivity index (χ1) is 14.1. The number of hydrogen-bond acceptors (Lipinski definition) is 2. The summed E-state index contributed by atoms with van der Waals surface area (Å²) in [5.41, 5.74) is 0.171. The van der Waals surface area contributed by atoms with Crippen LogP contribution >= 0.6 is 0 Å². The van der Waals surface area contributed by atoms with Gasteiger partial charge in [-0.1, -0.05) is 56.3 Å². The molecule has 0 aromatic heterocycles. The fourth-order valence-electron chi connectivity index (χ4n) is 4.57. The number of carbonyl (C=O) groups excluding carboxylic acids is 2. The Morgan fingerprint density at radius 1 is 0.933 bits per heavy atom. The lowest BCUT2D eigenvalue weighted by Crippen LogP contribution is -2.44. The van der Waals surface area contributed by atoms with E-state index in [-0.39, 0.29) is 17.9 Å². The number of carbonyl (C=O) groups is 2. The molecule has 0 fully saturated rings. The Morgan fingerprint density at radius 3 is 2.23 bits per heavy atom. The molecule has 2 aromatic rings. The van der Waals surface area contributed by atoms with E-state index in [4.69, 9.17) is 0 Å². The molecular weight excluding hydrogens is 391 g/mol. The smallest absolute Gasteiger partial charge is 0.294 e. The lowest BCUT2D eigenvalue weighted by Gasteiger charge is -2.43. The Balaban J connectivity index is 1.95. The maximum atomic E-state index is 13.7. The van der Waals surface area contributed by atoms with E-state index in [1.54, 1.807) is 0 Å². The summed E-state index contributed by atoms with van der Waals surface area (Å²) < 4.78 is 41.1. The second-order valence-corrected chi connectivity index (χ2v) is 8.71. The summed E-state index contributed by atoms with van der Waals surface area (Å²) in [6.07, 6.45) is -3.99. The molecule has 0 radical (unpaired) electrons. The van der Waals surface area contributed by atoms with Crippen LogP contribution in [-0.4, -0.2) is 11.7 Å². The Labute approximate surface area is 173 Å². The molecular formula is C24H22F3NO2. The van der Waals surface area contributed by atoms with E-state index in [9.17, 15) is 22.8 Å². The molecule has 1 heterocycles. The Bertz CT molecular complexity index is 1040. The number of nitrogens with zero attached hydrogens (tertiary/aromatic N) is 1. The molecule has 0 spiro atoms. The van der Waals surface area contributed by atoms with Crippen LogP contribution in [0.25, 0.3) is 0 Å². The van der Waals surface area contributed by atoms with E-state index < -0.39 is 29.0 Å². The molecule has 1 amide bonds. The molecule has 0 bridgehead atoms. The molecule has 3 nitrogen and oxygen atoms in total. The van der Waals surface area contributed by atoms with Gasteiger partial charge in [0.1, 0.15) is 0 Å². The van der Waals surface area contributed by atoms with Crippen molar-refractivity contribution in [2.24, 2.45) is 5.41 Å². The van der Waals surface area contributed by atoms with Crippen molar-refractivity contribution in [2.45, 2.75) is 45.2 Å². The fourth-order valence-corrected chi connectivity index (χ4v) is 4.57. The van der Waals surface area contributed by atoms with Gasteiger partial charge in [0, 0.05) is 30.0 Å². The molecule has 1 atom stereocenters. The number of alkyl halides is 3. The molecule has 6 heteroatoms. The van der Waals surface area contributed by atoms with E-state index in [0.29, 0.717) is 24.1 Å². The normalized spacial score (nSPS) is 21.6. The number of Topliss-reactive ketones (excluding diaryl/α,β-unsaturated/α-hetero) is 1. The highest BCUT2D eigenvalue weighted by Gasteiger charge is 2.46. The molecule has 0 saturated heterocycles. The third-order valence-electron chi connectivity index (χ3n) is 5.80. The highest BCUT2D eigenvalue weighted by Crippen LogP contribution is 2.49. The highest BCUT2D eigenvalue weighted by molar-refractivity contribution is 6.08. The van der Waals surface area contributed by atoms with Crippen molar-refractivity contribution in [3.8, 4) is 0 Å². The van der Waals surface area contributed by atoms with Crippen molar-refractivity contribution in [2.75, 3.05) is 4.90 Å². The average Bonchev–Trinajstić information content (AvgIpc) is 2.66. The number of rotatable bonds is 2. The minimum absolute atomic E-state index is 0.0405. The second-order valence-electron chi connectivity index (χ2n) is 8.71. The Hall–Kier alpha value is -2.89. The van der Waals surface area contributed by atoms with Crippen LogP contribution in [0.5, 0.6) is 0 Å². The number of halogens is 3. The van der Waals surface area contributed by atoms with E-state index in [1.807, 2.05) is 44.2 Å². The van der Waals surface area contributed by atoms with E-state index in [0.717, 1.165) is 16.5 Å². The minimum Gasteiger partial charge on any atom is -0.294 e. The van der Waals surface area contributed by atoms with Gasteiger partial charge in [-0.2, -0.15) is 13.2 Å². The number of ketones is 1. The quantitative estimate of drug-likeness (QED) is 0.618. The summed E-state index contributed by atoms with van der Waals surface area (Å²) in [5, 5.41) is 0. The predicted octanol–water partition coefficient (Wildman–Crippen LogP) is 5.87. The maximum absolute atomic E-state index is 13.7. The number of benzene rings is 2. The minimum atomic E-state index is -4.61. The van der Waals surface area contributed by atoms with Crippen LogP contribution in [-0.2, 0) is 15.8 Å². The Kier molecular flexibility index (Phi) is 4.83. The standard InChI is InChI=1S/C24H22F3NO2/c1-23(2)13-19-22(20(29)14-23)16(15-8-4-3-5-9-15)12-21(30)28(19)18-11-7-6-10-17(18)24(25,26)27/h3-11,16H,12-14H2,1-2H3/t16-/m1/s1. The van der Waals surface area contributed by atoms with Crippen molar-refractivity contribution in [1.82, 2.24) is 0 Å². The number of allylic oxidation sites excluding steroid dienone is 2. The van der Waals surface area contributed by atoms with Crippen LogP contribution in [0.3, 0.4) is 0 Å². The van der Waals surface area contributed by atoms with Gasteiger partial charge in [-0.3, -0.25) is 14.5 Å². The van der Waals surface area contributed by atoms with Crippen LogP contribution in [0.4, 0.5) is 18.9 Å². The number of anilines is 1. The van der Waals surface area contributed by atoms with Crippen molar-refractivity contribution in [3.05, 3.63) is 77.0 Å². The van der Waals surface area contributed by atoms with Gasteiger partial charge in [0.25, 0.3) is 0 Å². The third kappa shape index (κ3) is 3.55. The van der Waals surface area contributed by atoms with Crippen LogP contribution < -0.4 is 4.90 Å². The molecule has 4 rings (SSSR count). The van der Waals surface area contributed by atoms with Gasteiger partial charge in [-0.25, -0.2) is 0 Å². The zero-order chi connectivity index (χ0) is 21.7. The fraction of sp³-hybridized carbons (Fsp3) is 0.333. The molecule has 2 aliphatic rings. The summed E-state index contributed by atoms with van der Waals surface area (Å²) in [6.45, 7) is 3.80. The first-order valence-corrected chi connectivity index (χ1v) is 9.89. The summed E-state index contributed by atoms with van der Waals surface area (Å²) in [7, 11) is 0. The second kappa shape index (κ2) is 7.11. The SMILES string of the molecule is CC1(C)CC(=O)C2=C(C1)N(c1ccccc1C(F)(F)F)C(=O)C[C@@H]2c1ccccc1. The molecule has 2 aromatic carbocycles. The number of hydrogen-bond donors (Lipinski definition) is 0. The zero-order valence-corrected chi connectivity index (χ0v) is 16.8. The predicted molar refractivity (Wildman–Crippen MR) is 108 cm³/mol. The Morgan fingerprint density at radius 2 is 1.57 bits per heavy atom. The lowest BCUT2D eigenvalue weighted by atomic mass is 9.69. The summed E-state index contributed by atoms with van der Waals surface area (Å²) in [6, 6.07) is 14.3. The molecule has 0 saturated carbocycles. The van der Waals surface area contributed by atoms with Gasteiger partial charge in [-0.15, -0.1) is 0 Å². The van der Waals surface area contributed by atoms with Crippen molar-refractivity contribution in [1.29, 1.82) is 0 Å². The first-order valence-electron chi connectivity index (χ1n) is 9.89. The van der Waals surface area contributed by atoms with Gasteiger partial charge >= 0.3 is 6.18 Å². The summed E-state index contributed by atoms with van der Waals surface area (Å²) in [5.74, 6) is -0.964. The van der Waals surface area contributed by atoms with Gasteiger partial charge in [0.15, 0.2) is 5.78 Å². The van der Waals surface area contributed by atoms with E-state index >= 15 is 0 Å².